The normalized spacial score (nSPS) is 12.7. The summed E-state index contributed by atoms with van der Waals surface area (Å²) >= 11 is 1.67. The maximum atomic E-state index is 12.4. The molecule has 1 atom stereocenters. The number of carbonyl (C=O) groups excluding carboxylic acids is 1. The first-order chi connectivity index (χ1) is 13.1. The lowest BCUT2D eigenvalue weighted by Crippen LogP contribution is -2.36. The topological polar surface area (TPSA) is 58.4 Å². The molecule has 2 heterocycles. The Morgan fingerprint density at radius 2 is 2.00 bits per heavy atom. The van der Waals surface area contributed by atoms with Crippen LogP contribution in [-0.2, 0) is 11.3 Å². The molecular weight excluding hydrogens is 358 g/mol. The number of nitrogens with zero attached hydrogens (tertiary/aromatic N) is 2. The van der Waals surface area contributed by atoms with Crippen LogP contribution in [0.1, 0.15) is 23.7 Å². The van der Waals surface area contributed by atoms with E-state index in [1.54, 1.807) is 11.3 Å². The molecule has 0 aliphatic heterocycles. The molecule has 0 radical (unpaired) electrons. The lowest BCUT2D eigenvalue weighted by molar-refractivity contribution is -0.122. The van der Waals surface area contributed by atoms with Crippen molar-refractivity contribution < 1.29 is 9.21 Å². The zero-order valence-electron chi connectivity index (χ0n) is 15.3. The summed E-state index contributed by atoms with van der Waals surface area (Å²) in [6.07, 6.45) is 0. The first kappa shape index (κ1) is 17.7. The molecule has 4 aromatic rings. The molecule has 1 N–H and O–H groups in total. The molecule has 4 rings (SSSR count). The lowest BCUT2D eigenvalue weighted by atomic mass is 10.2. The van der Waals surface area contributed by atoms with E-state index in [2.05, 4.69) is 16.4 Å². The highest BCUT2D eigenvalue weighted by atomic mass is 32.1. The molecule has 0 aliphatic rings. The third-order valence-corrected chi connectivity index (χ3v) is 5.43. The highest BCUT2D eigenvalue weighted by Gasteiger charge is 2.16. The van der Waals surface area contributed by atoms with E-state index in [1.165, 1.54) is 4.70 Å². The fourth-order valence-electron chi connectivity index (χ4n) is 3.09. The van der Waals surface area contributed by atoms with Crippen molar-refractivity contribution in [3.8, 4) is 0 Å². The van der Waals surface area contributed by atoms with Crippen LogP contribution in [0.5, 0.6) is 0 Å². The summed E-state index contributed by atoms with van der Waals surface area (Å²) in [6, 6.07) is 17.7. The van der Waals surface area contributed by atoms with Crippen molar-refractivity contribution in [3.05, 3.63) is 65.4 Å². The molecule has 0 fully saturated rings. The van der Waals surface area contributed by atoms with E-state index in [4.69, 9.17) is 4.42 Å². The fourth-order valence-corrected chi connectivity index (χ4v) is 4.14. The predicted molar refractivity (Wildman–Crippen MR) is 109 cm³/mol. The third-order valence-electron chi connectivity index (χ3n) is 4.41. The number of furan rings is 1. The molecule has 0 spiro atoms. The Kier molecular flexibility index (Phi) is 4.92. The summed E-state index contributed by atoms with van der Waals surface area (Å²) < 4.78 is 7.00. The Bertz CT molecular complexity index is 1020. The SMILES string of the molecule is CC(NC(=O)CN(C)Cc1nc2ccccc2s1)c1cc2ccccc2o1. The summed E-state index contributed by atoms with van der Waals surface area (Å²) in [5.74, 6) is 0.727. The van der Waals surface area contributed by atoms with Gasteiger partial charge in [-0.15, -0.1) is 11.3 Å². The number of hydrogen-bond acceptors (Lipinski definition) is 5. The number of aromatic nitrogens is 1. The number of fused-ring (bicyclic) bond motifs is 2. The molecule has 2 aromatic heterocycles. The summed E-state index contributed by atoms with van der Waals surface area (Å²) in [7, 11) is 1.93. The smallest absolute Gasteiger partial charge is 0.234 e. The summed E-state index contributed by atoms with van der Waals surface area (Å²) in [4.78, 5) is 19.0. The van der Waals surface area contributed by atoms with Gasteiger partial charge < -0.3 is 9.73 Å². The summed E-state index contributed by atoms with van der Waals surface area (Å²) in [6.45, 7) is 2.88. The van der Waals surface area contributed by atoms with E-state index < -0.39 is 0 Å². The summed E-state index contributed by atoms with van der Waals surface area (Å²) in [5.41, 5.74) is 1.84. The Morgan fingerprint density at radius 3 is 2.81 bits per heavy atom. The third kappa shape index (κ3) is 4.02. The molecular formula is C21H21N3O2S. The van der Waals surface area contributed by atoms with Crippen LogP contribution in [-0.4, -0.2) is 29.4 Å². The van der Waals surface area contributed by atoms with Crippen LogP contribution in [0, 0.1) is 0 Å². The van der Waals surface area contributed by atoms with Crippen LogP contribution in [0.3, 0.4) is 0 Å². The number of thiazole rings is 1. The van der Waals surface area contributed by atoms with Gasteiger partial charge >= 0.3 is 0 Å². The van der Waals surface area contributed by atoms with Crippen LogP contribution in [0.2, 0.25) is 0 Å². The minimum absolute atomic E-state index is 0.0356. The summed E-state index contributed by atoms with van der Waals surface area (Å²) in [5, 5.41) is 5.06. The second-order valence-corrected chi connectivity index (χ2v) is 7.84. The van der Waals surface area contributed by atoms with Gasteiger partial charge in [0.05, 0.1) is 29.3 Å². The molecule has 0 bridgehead atoms. The molecule has 138 valence electrons. The molecule has 6 heteroatoms. The largest absolute Gasteiger partial charge is 0.459 e. The monoisotopic (exact) mass is 379 g/mol. The molecule has 0 saturated carbocycles. The van der Waals surface area contributed by atoms with Gasteiger partial charge in [0.2, 0.25) is 5.91 Å². The molecule has 2 aromatic carbocycles. The van der Waals surface area contributed by atoms with Gasteiger partial charge in [0.25, 0.3) is 0 Å². The Balaban J connectivity index is 1.35. The van der Waals surface area contributed by atoms with E-state index in [1.807, 2.05) is 67.4 Å². The number of carbonyl (C=O) groups is 1. The first-order valence-electron chi connectivity index (χ1n) is 8.89. The van der Waals surface area contributed by atoms with Gasteiger partial charge in [-0.25, -0.2) is 4.98 Å². The Morgan fingerprint density at radius 1 is 1.22 bits per heavy atom. The van der Waals surface area contributed by atoms with E-state index in [0.717, 1.165) is 27.3 Å². The van der Waals surface area contributed by atoms with Crippen molar-refractivity contribution in [2.45, 2.75) is 19.5 Å². The van der Waals surface area contributed by atoms with Gasteiger partial charge in [-0.1, -0.05) is 30.3 Å². The average molecular weight is 379 g/mol. The highest BCUT2D eigenvalue weighted by molar-refractivity contribution is 7.18. The number of amides is 1. The van der Waals surface area contributed by atoms with Gasteiger partial charge in [-0.2, -0.15) is 0 Å². The number of para-hydroxylation sites is 2. The van der Waals surface area contributed by atoms with Crippen LogP contribution < -0.4 is 5.32 Å². The highest BCUT2D eigenvalue weighted by Crippen LogP contribution is 2.24. The van der Waals surface area contributed by atoms with Gasteiger partial charge in [-0.3, -0.25) is 9.69 Å². The van der Waals surface area contributed by atoms with E-state index in [0.29, 0.717) is 13.1 Å². The van der Waals surface area contributed by atoms with Gasteiger partial charge in [-0.05, 0) is 38.2 Å². The standard InChI is InChI=1S/C21H21N3O2S/c1-14(18-11-15-7-3-5-9-17(15)26-18)22-20(25)12-24(2)13-21-23-16-8-4-6-10-19(16)27-21/h3-11,14H,12-13H2,1-2H3,(H,22,25). The number of rotatable bonds is 6. The van der Waals surface area contributed by atoms with E-state index in [-0.39, 0.29) is 11.9 Å². The molecule has 0 saturated heterocycles. The first-order valence-corrected chi connectivity index (χ1v) is 9.71. The molecule has 0 aliphatic carbocycles. The minimum atomic E-state index is -0.180. The van der Waals surface area contributed by atoms with E-state index in [9.17, 15) is 4.79 Å². The van der Waals surface area contributed by atoms with Gasteiger partial charge in [0, 0.05) is 5.39 Å². The van der Waals surface area contributed by atoms with E-state index >= 15 is 0 Å². The molecule has 5 nitrogen and oxygen atoms in total. The van der Waals surface area contributed by atoms with Crippen molar-refractivity contribution in [1.29, 1.82) is 0 Å². The quantitative estimate of drug-likeness (QED) is 0.541. The van der Waals surface area contributed by atoms with Crippen molar-refractivity contribution in [2.75, 3.05) is 13.6 Å². The second kappa shape index (κ2) is 7.50. The van der Waals surface area contributed by atoms with Crippen LogP contribution >= 0.6 is 11.3 Å². The maximum Gasteiger partial charge on any atom is 0.234 e. The number of likely N-dealkylation sites (N-methyl/N-ethyl adjacent to an activating group) is 1. The van der Waals surface area contributed by atoms with Crippen molar-refractivity contribution in [3.63, 3.8) is 0 Å². The molecule has 27 heavy (non-hydrogen) atoms. The van der Waals surface area contributed by atoms with Crippen LogP contribution in [0.25, 0.3) is 21.2 Å². The van der Waals surface area contributed by atoms with Crippen molar-refractivity contribution in [1.82, 2.24) is 15.2 Å². The minimum Gasteiger partial charge on any atom is -0.459 e. The van der Waals surface area contributed by atoms with Crippen molar-refractivity contribution in [2.24, 2.45) is 0 Å². The lowest BCUT2D eigenvalue weighted by Gasteiger charge is -2.17. The fraction of sp³-hybridized carbons (Fsp3) is 0.238. The zero-order chi connectivity index (χ0) is 18.8. The average Bonchev–Trinajstić information content (AvgIpc) is 3.24. The maximum absolute atomic E-state index is 12.4. The molecule has 1 amide bonds. The molecule has 1 unspecified atom stereocenters. The second-order valence-electron chi connectivity index (χ2n) is 6.72. The Labute approximate surface area is 161 Å². The van der Waals surface area contributed by atoms with Gasteiger partial charge in [0.15, 0.2) is 0 Å². The zero-order valence-corrected chi connectivity index (χ0v) is 16.1. The number of nitrogens with one attached hydrogen (secondary N) is 1. The van der Waals surface area contributed by atoms with Gasteiger partial charge in [0.1, 0.15) is 16.4 Å². The number of hydrogen-bond donors (Lipinski definition) is 1. The van der Waals surface area contributed by atoms with Crippen molar-refractivity contribution >= 4 is 38.4 Å². The number of benzene rings is 2. The predicted octanol–water partition coefficient (Wildman–Crippen LogP) is 4.35. The van der Waals surface area contributed by atoms with Crippen LogP contribution in [0.15, 0.2) is 59.0 Å². The Hall–Kier alpha value is -2.70. The van der Waals surface area contributed by atoms with Crippen LogP contribution in [0.4, 0.5) is 0 Å².